The molecule has 7 nitrogen and oxygen atoms in total. The minimum Gasteiger partial charge on any atom is -0.326 e. The number of piperidine rings is 1. The normalized spacial score (nSPS) is 15.3. The summed E-state index contributed by atoms with van der Waals surface area (Å²) in [7, 11) is 0. The molecule has 2 N–H and O–H groups in total. The molecule has 0 unspecified atom stereocenters. The van der Waals surface area contributed by atoms with Crippen LogP contribution in [0.4, 0.5) is 5.69 Å². The number of rotatable bonds is 5. The Morgan fingerprint density at radius 1 is 1.14 bits per heavy atom. The number of nitriles is 1. The van der Waals surface area contributed by atoms with Crippen LogP contribution in [0.5, 0.6) is 0 Å². The average Bonchev–Trinajstić information content (AvgIpc) is 3.09. The van der Waals surface area contributed by atoms with Gasteiger partial charge in [-0.1, -0.05) is 12.1 Å². The SMILES string of the molecule is N#Cc1ccc(NC(=O)CCN2CCC(n3c(=O)[nH]c4ccccc43)CC2)cc1. The van der Waals surface area contributed by atoms with Crippen molar-refractivity contribution in [3.05, 3.63) is 64.6 Å². The number of aromatic nitrogens is 2. The fourth-order valence-electron chi connectivity index (χ4n) is 3.95. The molecular formula is C22H23N5O2. The zero-order chi connectivity index (χ0) is 20.2. The van der Waals surface area contributed by atoms with E-state index in [1.54, 1.807) is 24.3 Å². The summed E-state index contributed by atoms with van der Waals surface area (Å²) in [5.41, 5.74) is 3.05. The predicted octanol–water partition coefficient (Wildman–Crippen LogP) is 2.87. The van der Waals surface area contributed by atoms with E-state index in [1.165, 1.54) is 0 Å². The van der Waals surface area contributed by atoms with Gasteiger partial charge in [-0.2, -0.15) is 5.26 Å². The fourth-order valence-corrected chi connectivity index (χ4v) is 3.95. The number of para-hydroxylation sites is 2. The van der Waals surface area contributed by atoms with Crippen molar-refractivity contribution in [1.29, 1.82) is 5.26 Å². The van der Waals surface area contributed by atoms with Crippen molar-refractivity contribution in [2.45, 2.75) is 25.3 Å². The van der Waals surface area contributed by atoms with Gasteiger partial charge in [-0.15, -0.1) is 0 Å². The van der Waals surface area contributed by atoms with Crippen LogP contribution in [-0.2, 0) is 4.79 Å². The van der Waals surface area contributed by atoms with Crippen LogP contribution in [0.2, 0.25) is 0 Å². The highest BCUT2D eigenvalue weighted by atomic mass is 16.2. The summed E-state index contributed by atoms with van der Waals surface area (Å²) in [6.07, 6.45) is 2.19. The lowest BCUT2D eigenvalue weighted by atomic mass is 10.0. The van der Waals surface area contributed by atoms with E-state index in [0.29, 0.717) is 24.2 Å². The number of carbonyl (C=O) groups excluding carboxylic acids is 1. The second kappa shape index (κ2) is 8.33. The summed E-state index contributed by atoms with van der Waals surface area (Å²) in [5, 5.41) is 11.7. The van der Waals surface area contributed by atoms with Gasteiger partial charge in [0.05, 0.1) is 22.7 Å². The van der Waals surface area contributed by atoms with Gasteiger partial charge in [0.2, 0.25) is 5.91 Å². The molecule has 1 aromatic heterocycles. The minimum absolute atomic E-state index is 0.0373. The van der Waals surface area contributed by atoms with Gasteiger partial charge in [-0.05, 0) is 49.2 Å². The van der Waals surface area contributed by atoms with Gasteiger partial charge in [-0.3, -0.25) is 9.36 Å². The largest absolute Gasteiger partial charge is 0.326 e. The molecule has 2 aromatic carbocycles. The first kappa shape index (κ1) is 19.0. The number of aromatic amines is 1. The number of hydrogen-bond donors (Lipinski definition) is 2. The van der Waals surface area contributed by atoms with Crippen molar-refractivity contribution in [3.63, 3.8) is 0 Å². The van der Waals surface area contributed by atoms with Crippen molar-refractivity contribution in [2.24, 2.45) is 0 Å². The number of carbonyl (C=O) groups is 1. The minimum atomic E-state index is -0.0496. The molecule has 0 bridgehead atoms. The van der Waals surface area contributed by atoms with Crippen LogP contribution in [-0.4, -0.2) is 40.0 Å². The maximum atomic E-state index is 12.4. The highest BCUT2D eigenvalue weighted by Crippen LogP contribution is 2.24. The third-order valence-corrected chi connectivity index (χ3v) is 5.50. The standard InChI is InChI=1S/C22H23N5O2/c23-15-16-5-7-17(8-6-16)24-21(28)11-14-26-12-9-18(10-13-26)27-20-4-2-1-3-19(20)25-22(27)29/h1-8,18H,9-14H2,(H,24,28)(H,25,29). The van der Waals surface area contributed by atoms with Crippen LogP contribution in [0.15, 0.2) is 53.3 Å². The van der Waals surface area contributed by atoms with E-state index < -0.39 is 0 Å². The number of hydrogen-bond acceptors (Lipinski definition) is 4. The number of nitrogens with one attached hydrogen (secondary N) is 2. The van der Waals surface area contributed by atoms with Gasteiger partial charge < -0.3 is 15.2 Å². The second-order valence-corrected chi connectivity index (χ2v) is 7.38. The van der Waals surface area contributed by atoms with Crippen LogP contribution >= 0.6 is 0 Å². The van der Waals surface area contributed by atoms with E-state index in [1.807, 2.05) is 28.8 Å². The molecule has 0 atom stereocenters. The van der Waals surface area contributed by atoms with Gasteiger partial charge >= 0.3 is 5.69 Å². The maximum Gasteiger partial charge on any atom is 0.326 e. The molecule has 29 heavy (non-hydrogen) atoms. The molecular weight excluding hydrogens is 366 g/mol. The van der Waals surface area contributed by atoms with Crippen LogP contribution in [0, 0.1) is 11.3 Å². The zero-order valence-corrected chi connectivity index (χ0v) is 16.1. The molecule has 1 saturated heterocycles. The van der Waals surface area contributed by atoms with Crippen LogP contribution in [0.3, 0.4) is 0 Å². The molecule has 1 fully saturated rings. The highest BCUT2D eigenvalue weighted by Gasteiger charge is 2.23. The Morgan fingerprint density at radius 3 is 2.59 bits per heavy atom. The Hall–Kier alpha value is -3.37. The third-order valence-electron chi connectivity index (χ3n) is 5.50. The quantitative estimate of drug-likeness (QED) is 0.702. The van der Waals surface area contributed by atoms with Crippen LogP contribution in [0.1, 0.15) is 30.9 Å². The van der Waals surface area contributed by atoms with Gasteiger partial charge in [-0.25, -0.2) is 4.79 Å². The summed E-state index contributed by atoms with van der Waals surface area (Å²) >= 11 is 0. The van der Waals surface area contributed by atoms with Gasteiger partial charge in [0.15, 0.2) is 0 Å². The number of likely N-dealkylation sites (tertiary alicyclic amines) is 1. The van der Waals surface area contributed by atoms with E-state index in [-0.39, 0.29) is 17.6 Å². The van der Waals surface area contributed by atoms with Crippen LogP contribution < -0.4 is 11.0 Å². The monoisotopic (exact) mass is 389 g/mol. The molecule has 0 saturated carbocycles. The molecule has 1 amide bonds. The molecule has 0 spiro atoms. The Labute approximate surface area is 168 Å². The van der Waals surface area contributed by atoms with Crippen molar-refractivity contribution < 1.29 is 4.79 Å². The predicted molar refractivity (Wildman–Crippen MR) is 112 cm³/mol. The molecule has 4 rings (SSSR count). The van der Waals surface area contributed by atoms with Crippen LogP contribution in [0.25, 0.3) is 11.0 Å². The number of H-pyrrole nitrogens is 1. The smallest absolute Gasteiger partial charge is 0.326 e. The number of amides is 1. The molecule has 1 aliphatic rings. The summed E-state index contributed by atoms with van der Waals surface area (Å²) in [5.74, 6) is -0.0373. The molecule has 3 aromatic rings. The Kier molecular flexibility index (Phi) is 5.45. The molecule has 0 radical (unpaired) electrons. The average molecular weight is 389 g/mol. The van der Waals surface area contributed by atoms with Crippen molar-refractivity contribution in [2.75, 3.05) is 25.0 Å². The van der Waals surface area contributed by atoms with Gasteiger partial charge in [0.25, 0.3) is 0 Å². The number of fused-ring (bicyclic) bond motifs is 1. The van der Waals surface area contributed by atoms with E-state index in [2.05, 4.69) is 21.3 Å². The maximum absolute atomic E-state index is 12.4. The zero-order valence-electron chi connectivity index (χ0n) is 16.1. The summed E-state index contributed by atoms with van der Waals surface area (Å²) in [6.45, 7) is 2.42. The lowest BCUT2D eigenvalue weighted by molar-refractivity contribution is -0.116. The number of benzene rings is 2. The number of imidazole rings is 1. The fraction of sp³-hybridized carbons (Fsp3) is 0.318. The van der Waals surface area contributed by atoms with Crippen molar-refractivity contribution in [3.8, 4) is 6.07 Å². The highest BCUT2D eigenvalue weighted by molar-refractivity contribution is 5.90. The first-order valence-electron chi connectivity index (χ1n) is 9.85. The van der Waals surface area contributed by atoms with Gasteiger partial charge in [0, 0.05) is 37.8 Å². The molecule has 7 heteroatoms. The summed E-state index contributed by atoms with van der Waals surface area (Å²) < 4.78 is 1.88. The molecule has 2 heterocycles. The van der Waals surface area contributed by atoms with Gasteiger partial charge in [0.1, 0.15) is 0 Å². The lowest BCUT2D eigenvalue weighted by Gasteiger charge is -2.32. The Bertz CT molecular complexity index is 1100. The first-order valence-corrected chi connectivity index (χ1v) is 9.85. The molecule has 148 valence electrons. The van der Waals surface area contributed by atoms with E-state index in [9.17, 15) is 9.59 Å². The van der Waals surface area contributed by atoms with Crippen molar-refractivity contribution >= 4 is 22.6 Å². The van der Waals surface area contributed by atoms with Crippen molar-refractivity contribution in [1.82, 2.24) is 14.5 Å². The summed E-state index contributed by atoms with van der Waals surface area (Å²) in [6, 6.07) is 16.9. The Morgan fingerprint density at radius 2 is 1.86 bits per heavy atom. The first-order chi connectivity index (χ1) is 14.1. The number of nitrogens with zero attached hydrogens (tertiary/aromatic N) is 3. The molecule has 0 aliphatic carbocycles. The van der Waals surface area contributed by atoms with E-state index in [0.717, 1.165) is 37.0 Å². The Balaban J connectivity index is 1.28. The van der Waals surface area contributed by atoms with E-state index in [4.69, 9.17) is 5.26 Å². The molecule has 1 aliphatic heterocycles. The lowest BCUT2D eigenvalue weighted by Crippen LogP contribution is -2.38. The second-order valence-electron chi connectivity index (χ2n) is 7.38. The summed E-state index contributed by atoms with van der Waals surface area (Å²) in [4.78, 5) is 29.8. The topological polar surface area (TPSA) is 93.9 Å². The van der Waals surface area contributed by atoms with E-state index >= 15 is 0 Å². The third kappa shape index (κ3) is 4.23. The number of anilines is 1.